The van der Waals surface area contributed by atoms with Gasteiger partial charge in [-0.3, -0.25) is 9.78 Å². The van der Waals surface area contributed by atoms with Crippen molar-refractivity contribution >= 4 is 34.3 Å². The minimum atomic E-state index is -0.223. The summed E-state index contributed by atoms with van der Waals surface area (Å²) in [5, 5.41) is 0.983. The summed E-state index contributed by atoms with van der Waals surface area (Å²) >= 11 is 0. The lowest BCUT2D eigenvalue weighted by atomic mass is 10.0. The Labute approximate surface area is 174 Å². The van der Waals surface area contributed by atoms with Crippen molar-refractivity contribution in [1.82, 2.24) is 19.9 Å². The number of hydrogen-bond donors (Lipinski definition) is 0. The fourth-order valence-corrected chi connectivity index (χ4v) is 4.34. The number of rotatable bonds is 3. The number of imide groups is 1. The fraction of sp³-hybridized carbons (Fsp3) is 0.318. The predicted molar refractivity (Wildman–Crippen MR) is 113 cm³/mol. The van der Waals surface area contributed by atoms with Gasteiger partial charge in [0, 0.05) is 30.7 Å². The van der Waals surface area contributed by atoms with E-state index >= 15 is 0 Å². The number of amides is 3. The normalized spacial score (nSPS) is 18.0. The zero-order chi connectivity index (χ0) is 20.7. The van der Waals surface area contributed by atoms with Gasteiger partial charge in [0.25, 0.3) is 5.91 Å². The van der Waals surface area contributed by atoms with E-state index in [-0.39, 0.29) is 24.5 Å². The van der Waals surface area contributed by atoms with E-state index in [0.29, 0.717) is 11.5 Å². The number of carbonyl (C=O) groups excluding carboxylic acids is 2. The Morgan fingerprint density at radius 1 is 1.00 bits per heavy atom. The van der Waals surface area contributed by atoms with Crippen molar-refractivity contribution in [3.05, 3.63) is 54.6 Å². The molecule has 0 radical (unpaired) electrons. The number of aromatic nitrogens is 3. The zero-order valence-electron chi connectivity index (χ0n) is 16.7. The molecular formula is C22H22N6O2. The van der Waals surface area contributed by atoms with Gasteiger partial charge in [0.2, 0.25) is 0 Å². The largest absolute Gasteiger partial charge is 0.356 e. The highest BCUT2D eigenvalue weighted by Crippen LogP contribution is 2.30. The summed E-state index contributed by atoms with van der Waals surface area (Å²) in [6, 6.07) is 10.9. The van der Waals surface area contributed by atoms with Crippen LogP contribution in [0.3, 0.4) is 0 Å². The monoisotopic (exact) mass is 402 g/mol. The van der Waals surface area contributed by atoms with E-state index in [1.54, 1.807) is 29.4 Å². The maximum Gasteiger partial charge on any atom is 0.332 e. The number of fused-ring (bicyclic) bond motifs is 1. The second kappa shape index (κ2) is 7.37. The van der Waals surface area contributed by atoms with Gasteiger partial charge in [0.15, 0.2) is 0 Å². The highest BCUT2D eigenvalue weighted by molar-refractivity contribution is 6.19. The van der Waals surface area contributed by atoms with Crippen molar-refractivity contribution in [3.8, 4) is 0 Å². The number of benzene rings is 1. The molecule has 0 unspecified atom stereocenters. The van der Waals surface area contributed by atoms with Crippen molar-refractivity contribution in [2.45, 2.75) is 25.8 Å². The van der Waals surface area contributed by atoms with Crippen LogP contribution in [0.4, 0.5) is 16.3 Å². The molecule has 0 aliphatic carbocycles. The number of carbonyl (C=O) groups is 2. The number of urea groups is 1. The van der Waals surface area contributed by atoms with Gasteiger partial charge in [-0.15, -0.1) is 0 Å². The van der Waals surface area contributed by atoms with Crippen LogP contribution in [0, 0.1) is 6.92 Å². The van der Waals surface area contributed by atoms with Crippen molar-refractivity contribution in [1.29, 1.82) is 0 Å². The summed E-state index contributed by atoms with van der Waals surface area (Å²) in [5.41, 5.74) is 1.46. The molecule has 1 aromatic carbocycles. The number of nitrogens with zero attached hydrogens (tertiary/aromatic N) is 6. The second-order valence-corrected chi connectivity index (χ2v) is 7.68. The Morgan fingerprint density at radius 3 is 2.53 bits per heavy atom. The van der Waals surface area contributed by atoms with Crippen molar-refractivity contribution in [2.24, 2.45) is 0 Å². The maximum absolute atomic E-state index is 13.0. The highest BCUT2D eigenvalue weighted by atomic mass is 16.2. The van der Waals surface area contributed by atoms with E-state index < -0.39 is 0 Å². The molecule has 0 spiro atoms. The average molecular weight is 402 g/mol. The van der Waals surface area contributed by atoms with E-state index in [9.17, 15) is 9.59 Å². The number of para-hydroxylation sites is 1. The topological polar surface area (TPSA) is 82.5 Å². The van der Waals surface area contributed by atoms with Crippen LogP contribution in [0.1, 0.15) is 18.7 Å². The van der Waals surface area contributed by atoms with Crippen molar-refractivity contribution < 1.29 is 9.59 Å². The predicted octanol–water partition coefficient (Wildman–Crippen LogP) is 2.77. The zero-order valence-corrected chi connectivity index (χ0v) is 16.7. The Balaban J connectivity index is 1.32. The molecule has 30 heavy (non-hydrogen) atoms. The number of aryl methyl sites for hydroxylation is 1. The number of anilines is 2. The van der Waals surface area contributed by atoms with E-state index in [1.165, 1.54) is 4.90 Å². The third-order valence-electron chi connectivity index (χ3n) is 5.80. The lowest BCUT2D eigenvalue weighted by molar-refractivity contribution is -0.116. The fourth-order valence-electron chi connectivity index (χ4n) is 4.34. The van der Waals surface area contributed by atoms with Crippen molar-refractivity contribution in [3.63, 3.8) is 0 Å². The lowest BCUT2D eigenvalue weighted by Crippen LogP contribution is -2.47. The SMILES string of the molecule is Cc1nc(N2CCC(N3CC(=O)N(c4ccccc4)C3=O)CC2)c2ccncc2n1. The summed E-state index contributed by atoms with van der Waals surface area (Å²) < 4.78 is 0. The molecular weight excluding hydrogens is 380 g/mol. The van der Waals surface area contributed by atoms with Crippen LogP contribution in [-0.2, 0) is 4.79 Å². The highest BCUT2D eigenvalue weighted by Gasteiger charge is 2.41. The molecule has 3 aromatic rings. The Kier molecular flexibility index (Phi) is 4.54. The van der Waals surface area contributed by atoms with Crippen molar-refractivity contribution in [2.75, 3.05) is 29.4 Å². The van der Waals surface area contributed by atoms with E-state index in [4.69, 9.17) is 0 Å². The van der Waals surface area contributed by atoms with Crippen LogP contribution >= 0.6 is 0 Å². The van der Waals surface area contributed by atoms with Crippen LogP contribution in [0.15, 0.2) is 48.8 Å². The lowest BCUT2D eigenvalue weighted by Gasteiger charge is -2.37. The Bertz CT molecular complexity index is 1110. The Morgan fingerprint density at radius 2 is 1.77 bits per heavy atom. The first kappa shape index (κ1) is 18.5. The van der Waals surface area contributed by atoms with Gasteiger partial charge in [0.1, 0.15) is 18.2 Å². The van der Waals surface area contributed by atoms with Crippen LogP contribution in [-0.4, -0.2) is 57.5 Å². The van der Waals surface area contributed by atoms with E-state index in [2.05, 4.69) is 19.9 Å². The summed E-state index contributed by atoms with van der Waals surface area (Å²) in [5.74, 6) is 1.46. The molecule has 2 fully saturated rings. The molecule has 4 heterocycles. The van der Waals surface area contributed by atoms with Gasteiger partial charge in [0.05, 0.1) is 17.4 Å². The van der Waals surface area contributed by atoms with E-state index in [1.807, 2.05) is 31.2 Å². The van der Waals surface area contributed by atoms with Gasteiger partial charge in [-0.2, -0.15) is 0 Å². The van der Waals surface area contributed by atoms with Gasteiger partial charge in [-0.25, -0.2) is 19.7 Å². The first-order valence-electron chi connectivity index (χ1n) is 10.1. The molecule has 2 saturated heterocycles. The maximum atomic E-state index is 13.0. The Hall–Kier alpha value is -3.55. The van der Waals surface area contributed by atoms with Gasteiger partial charge < -0.3 is 9.80 Å². The van der Waals surface area contributed by atoms with Crippen LogP contribution < -0.4 is 9.80 Å². The molecule has 2 aliphatic rings. The number of hydrogen-bond acceptors (Lipinski definition) is 6. The average Bonchev–Trinajstić information content (AvgIpc) is 3.07. The molecule has 8 heteroatoms. The summed E-state index contributed by atoms with van der Waals surface area (Å²) in [6.07, 6.45) is 5.09. The third-order valence-corrected chi connectivity index (χ3v) is 5.80. The molecule has 0 saturated carbocycles. The molecule has 0 bridgehead atoms. The molecule has 0 atom stereocenters. The summed E-state index contributed by atoms with van der Waals surface area (Å²) in [4.78, 5) is 44.1. The first-order chi connectivity index (χ1) is 14.6. The van der Waals surface area contributed by atoms with Gasteiger partial charge in [-0.05, 0) is 38.0 Å². The van der Waals surface area contributed by atoms with Gasteiger partial charge >= 0.3 is 6.03 Å². The van der Waals surface area contributed by atoms with Gasteiger partial charge in [-0.1, -0.05) is 18.2 Å². The van der Waals surface area contributed by atoms with Crippen LogP contribution in [0.2, 0.25) is 0 Å². The van der Waals surface area contributed by atoms with E-state index in [0.717, 1.165) is 42.7 Å². The van der Waals surface area contributed by atoms with Crippen LogP contribution in [0.5, 0.6) is 0 Å². The van der Waals surface area contributed by atoms with Crippen LogP contribution in [0.25, 0.3) is 10.9 Å². The number of pyridine rings is 1. The molecule has 0 N–H and O–H groups in total. The molecule has 2 aromatic heterocycles. The third kappa shape index (κ3) is 3.14. The standard InChI is InChI=1S/C22H22N6O2/c1-15-24-19-13-23-10-7-18(19)21(25-15)26-11-8-16(9-12-26)27-14-20(29)28(22(27)30)17-5-3-2-4-6-17/h2-7,10,13,16H,8-9,11-12,14H2,1H3. The molecule has 5 rings (SSSR count). The summed E-state index contributed by atoms with van der Waals surface area (Å²) in [7, 11) is 0. The molecule has 2 aliphatic heterocycles. The minimum absolute atomic E-state index is 0.0438. The minimum Gasteiger partial charge on any atom is -0.356 e. The summed E-state index contributed by atoms with van der Waals surface area (Å²) in [6.45, 7) is 3.55. The number of piperidine rings is 1. The second-order valence-electron chi connectivity index (χ2n) is 7.68. The molecule has 8 nitrogen and oxygen atoms in total. The smallest absolute Gasteiger partial charge is 0.332 e. The quantitative estimate of drug-likeness (QED) is 0.627. The molecule has 152 valence electrons. The first-order valence-corrected chi connectivity index (χ1v) is 10.1. The molecule has 3 amide bonds.